The van der Waals surface area contributed by atoms with Crippen molar-refractivity contribution in [1.82, 2.24) is 9.97 Å². The van der Waals surface area contributed by atoms with Crippen molar-refractivity contribution < 1.29 is 27.1 Å². The molecule has 0 radical (unpaired) electrons. The number of nitrogens with one attached hydrogen (secondary N) is 1. The van der Waals surface area contributed by atoms with Crippen LogP contribution in [0.15, 0.2) is 24.4 Å². The predicted octanol–water partition coefficient (Wildman–Crippen LogP) is 4.82. The first-order valence-electron chi connectivity index (χ1n) is 7.68. The van der Waals surface area contributed by atoms with Gasteiger partial charge in [-0.3, -0.25) is 10.3 Å². The lowest BCUT2D eigenvalue weighted by Crippen LogP contribution is -2.35. The van der Waals surface area contributed by atoms with Crippen LogP contribution in [-0.4, -0.2) is 22.0 Å². The molecule has 0 bridgehead atoms. The molecular weight excluding hydrogens is 354 g/mol. The first kappa shape index (κ1) is 18.1. The van der Waals surface area contributed by atoms with E-state index in [2.05, 4.69) is 15.3 Å². The highest BCUT2D eigenvalue weighted by Crippen LogP contribution is 2.44. The highest BCUT2D eigenvalue weighted by molar-refractivity contribution is 5.89. The molecule has 0 saturated carbocycles. The third-order valence-corrected chi connectivity index (χ3v) is 3.89. The minimum Gasteiger partial charge on any atom is -0.434 e. The van der Waals surface area contributed by atoms with Gasteiger partial charge in [0.15, 0.2) is 6.10 Å². The number of rotatable bonds is 3. The number of carbonyl (C=O) groups excluding carboxylic acids is 1. The molecular formula is C17H15F4N3O2. The molecule has 2 aromatic rings. The first-order valence-corrected chi connectivity index (χ1v) is 7.68. The lowest BCUT2D eigenvalue weighted by Gasteiger charge is -2.31. The van der Waals surface area contributed by atoms with Crippen LogP contribution in [0.4, 0.5) is 28.2 Å². The molecule has 0 aromatic carbocycles. The van der Waals surface area contributed by atoms with Gasteiger partial charge in [0, 0.05) is 36.9 Å². The second kappa shape index (κ2) is 5.93. The monoisotopic (exact) mass is 369 g/mol. The molecule has 1 N–H and O–H groups in total. The summed E-state index contributed by atoms with van der Waals surface area (Å²) in [7, 11) is 0. The topological polar surface area (TPSA) is 64.1 Å². The third-order valence-electron chi connectivity index (χ3n) is 3.89. The van der Waals surface area contributed by atoms with Gasteiger partial charge in [-0.15, -0.1) is 0 Å². The van der Waals surface area contributed by atoms with E-state index in [1.165, 1.54) is 25.3 Å². The minimum atomic E-state index is -3.41. The van der Waals surface area contributed by atoms with Gasteiger partial charge in [-0.05, 0) is 25.1 Å². The number of ether oxygens (including phenoxy) is 1. The summed E-state index contributed by atoms with van der Waals surface area (Å²) in [6.45, 7) is 2.86. The number of halogens is 4. The standard InChI is InChI=1S/C17H15F4N3O2/c1-8-6-9(16(2,18)19)7-11(23-8)10-4-5-22-14-12(10)13(17(3,20)21)26-15(25)24-14/h4-7,13H,1-3H3,(H,22,24,25)/t13-/m1/s1. The molecule has 1 aliphatic heterocycles. The first-order chi connectivity index (χ1) is 12.0. The van der Waals surface area contributed by atoms with Crippen molar-refractivity contribution in [1.29, 1.82) is 0 Å². The van der Waals surface area contributed by atoms with Crippen LogP contribution in [0.1, 0.15) is 36.8 Å². The van der Waals surface area contributed by atoms with E-state index in [-0.39, 0.29) is 28.2 Å². The van der Waals surface area contributed by atoms with Crippen molar-refractivity contribution in [3.63, 3.8) is 0 Å². The molecule has 1 aliphatic rings. The van der Waals surface area contributed by atoms with Gasteiger partial charge in [0.1, 0.15) is 5.82 Å². The summed E-state index contributed by atoms with van der Waals surface area (Å²) in [5, 5.41) is 2.25. The molecule has 3 rings (SSSR count). The van der Waals surface area contributed by atoms with Crippen LogP contribution < -0.4 is 5.32 Å². The summed E-state index contributed by atoms with van der Waals surface area (Å²) in [5.74, 6) is -6.65. The number of aromatic nitrogens is 2. The van der Waals surface area contributed by atoms with E-state index in [4.69, 9.17) is 4.74 Å². The molecule has 26 heavy (non-hydrogen) atoms. The van der Waals surface area contributed by atoms with Crippen molar-refractivity contribution in [3.8, 4) is 11.3 Å². The molecule has 1 atom stereocenters. The van der Waals surface area contributed by atoms with E-state index in [1.54, 1.807) is 0 Å². The van der Waals surface area contributed by atoms with E-state index in [9.17, 15) is 22.4 Å². The Morgan fingerprint density at radius 1 is 1.19 bits per heavy atom. The maximum Gasteiger partial charge on any atom is 0.413 e. The molecule has 0 saturated heterocycles. The van der Waals surface area contributed by atoms with Crippen LogP contribution in [0.25, 0.3) is 11.3 Å². The van der Waals surface area contributed by atoms with Crippen molar-refractivity contribution >= 4 is 11.9 Å². The maximum atomic E-state index is 14.0. The van der Waals surface area contributed by atoms with Gasteiger partial charge in [-0.2, -0.15) is 0 Å². The Morgan fingerprint density at radius 3 is 2.50 bits per heavy atom. The summed E-state index contributed by atoms with van der Waals surface area (Å²) in [4.78, 5) is 19.6. The summed E-state index contributed by atoms with van der Waals surface area (Å²) >= 11 is 0. The van der Waals surface area contributed by atoms with Gasteiger partial charge in [0.05, 0.1) is 11.3 Å². The zero-order valence-corrected chi connectivity index (χ0v) is 14.1. The maximum absolute atomic E-state index is 14.0. The number of fused-ring (bicyclic) bond motifs is 1. The second-order valence-corrected chi connectivity index (χ2v) is 6.26. The van der Waals surface area contributed by atoms with Gasteiger partial charge in [-0.25, -0.2) is 27.3 Å². The number of anilines is 1. The number of hydrogen-bond acceptors (Lipinski definition) is 4. The van der Waals surface area contributed by atoms with E-state index in [0.717, 1.165) is 13.0 Å². The Kier molecular flexibility index (Phi) is 4.12. The fraction of sp³-hybridized carbons (Fsp3) is 0.353. The van der Waals surface area contributed by atoms with Crippen LogP contribution in [0.5, 0.6) is 0 Å². The van der Waals surface area contributed by atoms with Crippen LogP contribution in [-0.2, 0) is 10.7 Å². The number of amides is 1. The molecule has 9 heteroatoms. The van der Waals surface area contributed by atoms with Crippen molar-refractivity contribution in [2.24, 2.45) is 0 Å². The molecule has 0 fully saturated rings. The molecule has 1 amide bonds. The number of aryl methyl sites for hydroxylation is 1. The van der Waals surface area contributed by atoms with Crippen LogP contribution in [0, 0.1) is 6.92 Å². The predicted molar refractivity (Wildman–Crippen MR) is 85.2 cm³/mol. The molecule has 0 unspecified atom stereocenters. The number of pyridine rings is 2. The van der Waals surface area contributed by atoms with Gasteiger partial charge in [-0.1, -0.05) is 0 Å². The zero-order valence-electron chi connectivity index (χ0n) is 14.1. The molecule has 138 valence electrons. The van der Waals surface area contributed by atoms with Gasteiger partial charge < -0.3 is 4.74 Å². The zero-order chi connectivity index (χ0) is 19.3. The highest BCUT2D eigenvalue weighted by Gasteiger charge is 2.45. The quantitative estimate of drug-likeness (QED) is 0.788. The number of nitrogens with zero attached hydrogens (tertiary/aromatic N) is 2. The van der Waals surface area contributed by atoms with Crippen LogP contribution in [0.2, 0.25) is 0 Å². The molecule has 2 aromatic heterocycles. The smallest absolute Gasteiger partial charge is 0.413 e. The molecule has 5 nitrogen and oxygen atoms in total. The molecule has 0 aliphatic carbocycles. The van der Waals surface area contributed by atoms with E-state index in [1.807, 2.05) is 0 Å². The van der Waals surface area contributed by atoms with Gasteiger partial charge in [0.25, 0.3) is 11.8 Å². The Labute approximate surface area is 146 Å². The fourth-order valence-electron chi connectivity index (χ4n) is 2.77. The summed E-state index contributed by atoms with van der Waals surface area (Å²) in [6, 6.07) is 3.73. The van der Waals surface area contributed by atoms with Crippen molar-refractivity contribution in [2.75, 3.05) is 5.32 Å². The van der Waals surface area contributed by atoms with E-state index in [0.29, 0.717) is 12.6 Å². The average Bonchev–Trinajstić information content (AvgIpc) is 2.51. The Hall–Kier alpha value is -2.71. The number of alkyl halides is 4. The van der Waals surface area contributed by atoms with Gasteiger partial charge in [0.2, 0.25) is 0 Å². The average molecular weight is 369 g/mol. The largest absolute Gasteiger partial charge is 0.434 e. The Balaban J connectivity index is 2.24. The van der Waals surface area contributed by atoms with Gasteiger partial charge >= 0.3 is 6.09 Å². The number of carbonyl (C=O) groups is 1. The summed E-state index contributed by atoms with van der Waals surface area (Å²) in [6.07, 6.45) is -1.70. The third kappa shape index (κ3) is 3.33. The minimum absolute atomic E-state index is 0.0640. The summed E-state index contributed by atoms with van der Waals surface area (Å²) in [5.41, 5.74) is 0.0873. The van der Waals surface area contributed by atoms with E-state index >= 15 is 0 Å². The summed E-state index contributed by atoms with van der Waals surface area (Å²) < 4.78 is 60.3. The Bertz CT molecular complexity index is 875. The van der Waals surface area contributed by atoms with E-state index < -0.39 is 24.0 Å². The SMILES string of the molecule is Cc1cc(C(C)(F)F)cc(-c2ccnc3c2[C@H](C(C)(F)F)OC(=O)N3)n1. The van der Waals surface area contributed by atoms with Crippen LogP contribution >= 0.6 is 0 Å². The number of hydrogen-bond donors (Lipinski definition) is 1. The molecule has 0 spiro atoms. The lowest BCUT2D eigenvalue weighted by molar-refractivity contribution is -0.0984. The normalized spacial score (nSPS) is 17.3. The molecule has 3 heterocycles. The fourth-order valence-corrected chi connectivity index (χ4v) is 2.77. The Morgan fingerprint density at radius 2 is 1.88 bits per heavy atom. The van der Waals surface area contributed by atoms with Crippen molar-refractivity contribution in [2.45, 2.75) is 38.7 Å². The highest BCUT2D eigenvalue weighted by atomic mass is 19.3. The number of cyclic esters (lactones) is 1. The second-order valence-electron chi connectivity index (χ2n) is 6.26. The van der Waals surface area contributed by atoms with Crippen molar-refractivity contribution in [3.05, 3.63) is 41.2 Å². The van der Waals surface area contributed by atoms with Crippen LogP contribution in [0.3, 0.4) is 0 Å². The lowest BCUT2D eigenvalue weighted by atomic mass is 9.95.